The molecule has 0 fully saturated rings. The lowest BCUT2D eigenvalue weighted by molar-refractivity contribution is 0.477. The van der Waals surface area contributed by atoms with Crippen molar-refractivity contribution in [2.24, 2.45) is 4.99 Å². The number of aliphatic imine (C=N–C) groups is 1. The number of hydrogen-bond acceptors (Lipinski definition) is 5. The predicted molar refractivity (Wildman–Crippen MR) is 229 cm³/mol. The maximum absolute atomic E-state index is 5.16. The SMILES string of the molecule is C=C(N=C(/C=C(\C)c1ccccn1)C1=CCCC=C1)C1=CC=C(C(CC)(CC)c2ccc(-c3nc(-c4ccccc4)cc(-c4ccccn4)n3)cc2)C=CC1. The summed E-state index contributed by atoms with van der Waals surface area (Å²) in [6.07, 6.45) is 26.2. The summed E-state index contributed by atoms with van der Waals surface area (Å²) in [4.78, 5) is 24.3. The third-order valence-electron chi connectivity index (χ3n) is 10.6. The van der Waals surface area contributed by atoms with Crippen LogP contribution in [0.15, 0.2) is 192 Å². The van der Waals surface area contributed by atoms with E-state index in [1.807, 2.05) is 66.9 Å². The lowest BCUT2D eigenvalue weighted by Gasteiger charge is -2.34. The van der Waals surface area contributed by atoms with E-state index in [1.54, 1.807) is 6.20 Å². The summed E-state index contributed by atoms with van der Waals surface area (Å²) in [6.45, 7) is 11.1. The average molecular weight is 718 g/mol. The van der Waals surface area contributed by atoms with Gasteiger partial charge in [0.1, 0.15) is 0 Å². The number of nitrogens with zero attached hydrogens (tertiary/aromatic N) is 5. The Hall–Kier alpha value is -6.33. The zero-order valence-corrected chi connectivity index (χ0v) is 32.0. The van der Waals surface area contributed by atoms with Crippen LogP contribution >= 0.6 is 0 Å². The Kier molecular flexibility index (Phi) is 11.6. The van der Waals surface area contributed by atoms with Gasteiger partial charge in [0.2, 0.25) is 0 Å². The molecule has 0 aliphatic heterocycles. The molecule has 5 aromatic rings. The third kappa shape index (κ3) is 8.42. The van der Waals surface area contributed by atoms with Gasteiger partial charge < -0.3 is 0 Å². The zero-order chi connectivity index (χ0) is 38.0. The van der Waals surface area contributed by atoms with Gasteiger partial charge in [-0.3, -0.25) is 9.97 Å². The second kappa shape index (κ2) is 17.2. The zero-order valence-electron chi connectivity index (χ0n) is 32.0. The summed E-state index contributed by atoms with van der Waals surface area (Å²) >= 11 is 0. The highest BCUT2D eigenvalue weighted by Gasteiger charge is 2.32. The molecule has 0 unspecified atom stereocenters. The maximum atomic E-state index is 5.16. The van der Waals surface area contributed by atoms with Crippen LogP contribution in [0.5, 0.6) is 0 Å². The Labute approximate surface area is 325 Å². The molecule has 2 aliphatic carbocycles. The van der Waals surface area contributed by atoms with E-state index in [0.29, 0.717) is 5.82 Å². The van der Waals surface area contributed by atoms with Gasteiger partial charge in [0.05, 0.1) is 34.2 Å². The number of pyridine rings is 2. The molecule has 3 heterocycles. The van der Waals surface area contributed by atoms with Crippen LogP contribution in [0.2, 0.25) is 0 Å². The van der Waals surface area contributed by atoms with Gasteiger partial charge >= 0.3 is 0 Å². The second-order valence-corrected chi connectivity index (χ2v) is 14.0. The van der Waals surface area contributed by atoms with Crippen molar-refractivity contribution in [3.63, 3.8) is 0 Å². The van der Waals surface area contributed by atoms with E-state index in [4.69, 9.17) is 15.0 Å². The van der Waals surface area contributed by atoms with Crippen LogP contribution < -0.4 is 0 Å². The van der Waals surface area contributed by atoms with Crippen molar-refractivity contribution in [2.45, 2.75) is 58.3 Å². The van der Waals surface area contributed by atoms with Gasteiger partial charge in [-0.25, -0.2) is 15.0 Å². The Morgan fingerprint density at radius 3 is 2.18 bits per heavy atom. The number of benzene rings is 2. The molecule has 3 aromatic heterocycles. The first-order valence-electron chi connectivity index (χ1n) is 19.3. The largest absolute Gasteiger partial charge is 0.257 e. The van der Waals surface area contributed by atoms with E-state index >= 15 is 0 Å². The van der Waals surface area contributed by atoms with Crippen LogP contribution in [0.25, 0.3) is 39.6 Å². The van der Waals surface area contributed by atoms with Gasteiger partial charge in [-0.2, -0.15) is 0 Å². The first kappa shape index (κ1) is 37.0. The fourth-order valence-corrected chi connectivity index (χ4v) is 7.39. The van der Waals surface area contributed by atoms with Crippen LogP contribution in [0.3, 0.4) is 0 Å². The molecule has 55 heavy (non-hydrogen) atoms. The van der Waals surface area contributed by atoms with Gasteiger partial charge in [0, 0.05) is 28.9 Å². The summed E-state index contributed by atoms with van der Waals surface area (Å²) in [5.74, 6) is 0.677. The molecule has 0 saturated heterocycles. The Balaban J connectivity index is 1.20. The summed E-state index contributed by atoms with van der Waals surface area (Å²) in [5, 5.41) is 0. The van der Waals surface area contributed by atoms with E-state index in [-0.39, 0.29) is 5.41 Å². The molecule has 0 bridgehead atoms. The van der Waals surface area contributed by atoms with Crippen molar-refractivity contribution in [3.8, 4) is 34.0 Å². The smallest absolute Gasteiger partial charge is 0.160 e. The maximum Gasteiger partial charge on any atom is 0.160 e. The lowest BCUT2D eigenvalue weighted by Crippen LogP contribution is -2.26. The first-order chi connectivity index (χ1) is 27.0. The van der Waals surface area contributed by atoms with E-state index in [9.17, 15) is 0 Å². The van der Waals surface area contributed by atoms with Crippen LogP contribution in [0.1, 0.15) is 64.1 Å². The molecule has 0 N–H and O–H groups in total. The molecule has 0 spiro atoms. The van der Waals surface area contributed by atoms with E-state index in [0.717, 1.165) is 94.1 Å². The molecule has 0 atom stereocenters. The topological polar surface area (TPSA) is 63.9 Å². The van der Waals surface area contributed by atoms with E-state index < -0.39 is 0 Å². The molecule has 0 amide bonds. The van der Waals surface area contributed by atoms with Crippen molar-refractivity contribution < 1.29 is 0 Å². The Morgan fingerprint density at radius 1 is 0.745 bits per heavy atom. The monoisotopic (exact) mass is 717 g/mol. The number of allylic oxidation sites excluding steroid dienone is 12. The van der Waals surface area contributed by atoms with Gasteiger partial charge in [0.15, 0.2) is 5.82 Å². The molecule has 2 aliphatic rings. The summed E-state index contributed by atoms with van der Waals surface area (Å²) < 4.78 is 0. The quantitative estimate of drug-likeness (QED) is 0.121. The van der Waals surface area contributed by atoms with Gasteiger partial charge in [-0.15, -0.1) is 0 Å². The van der Waals surface area contributed by atoms with Crippen LogP contribution in [0, 0.1) is 0 Å². The minimum absolute atomic E-state index is 0.178. The minimum Gasteiger partial charge on any atom is -0.257 e. The second-order valence-electron chi connectivity index (χ2n) is 14.0. The standard InChI is InChI=1S/C50H47N5/c1-5-50(6-2,43-30-27-41(28-31-43)49-54-47(40-20-11-8-12-21-40)35-48(55-49)45-25-14-16-33-52-45)42-23-17-22-38(26-29-42)37(4)53-46(39-18-9-7-10-19-39)34-36(3)44-24-13-15-32-51-44/h8-9,11-21,23-35H,4-7,10,22H2,1-3H3/b36-34+,53-46?. The Morgan fingerprint density at radius 2 is 1.49 bits per heavy atom. The fourth-order valence-electron chi connectivity index (χ4n) is 7.39. The van der Waals surface area contributed by atoms with Crippen LogP contribution in [-0.2, 0) is 5.41 Å². The normalized spacial score (nSPS) is 14.9. The lowest BCUT2D eigenvalue weighted by atomic mass is 9.69. The van der Waals surface area contributed by atoms with Crippen LogP contribution in [-0.4, -0.2) is 25.6 Å². The van der Waals surface area contributed by atoms with Crippen molar-refractivity contribution in [3.05, 3.63) is 198 Å². The molecule has 7 rings (SSSR count). The third-order valence-corrected chi connectivity index (χ3v) is 10.6. The van der Waals surface area contributed by atoms with Crippen molar-refractivity contribution in [1.82, 2.24) is 19.9 Å². The van der Waals surface area contributed by atoms with Crippen molar-refractivity contribution in [1.29, 1.82) is 0 Å². The minimum atomic E-state index is -0.178. The van der Waals surface area contributed by atoms with Gasteiger partial charge in [-0.05, 0) is 103 Å². The molecule has 0 saturated carbocycles. The van der Waals surface area contributed by atoms with Crippen LogP contribution in [0.4, 0.5) is 0 Å². The molecule has 5 nitrogen and oxygen atoms in total. The highest BCUT2D eigenvalue weighted by Crippen LogP contribution is 2.41. The van der Waals surface area contributed by atoms with E-state index in [2.05, 4.69) is 122 Å². The molecule has 272 valence electrons. The first-order valence-corrected chi connectivity index (χ1v) is 19.3. The average Bonchev–Trinajstić information content (AvgIpc) is 3.52. The number of rotatable bonds is 12. The van der Waals surface area contributed by atoms with Gasteiger partial charge in [-0.1, -0.05) is 130 Å². The molecule has 0 radical (unpaired) electrons. The van der Waals surface area contributed by atoms with E-state index in [1.165, 1.54) is 11.1 Å². The molecule has 2 aromatic carbocycles. The Bertz CT molecular complexity index is 2300. The van der Waals surface area contributed by atoms with Gasteiger partial charge in [0.25, 0.3) is 0 Å². The molecular weight excluding hydrogens is 671 g/mol. The summed E-state index contributed by atoms with van der Waals surface area (Å²) in [6, 6.07) is 33.0. The summed E-state index contributed by atoms with van der Waals surface area (Å²) in [5.41, 5.74) is 12.8. The highest BCUT2D eigenvalue weighted by molar-refractivity contribution is 6.14. The van der Waals surface area contributed by atoms with Crippen molar-refractivity contribution in [2.75, 3.05) is 0 Å². The van der Waals surface area contributed by atoms with Crippen molar-refractivity contribution >= 4 is 11.3 Å². The number of hydrogen-bond donors (Lipinski definition) is 0. The predicted octanol–water partition coefficient (Wildman–Crippen LogP) is 12.5. The number of aromatic nitrogens is 4. The highest BCUT2D eigenvalue weighted by atomic mass is 14.9. The fraction of sp³-hybridized carbons (Fsp3) is 0.180. The molecular formula is C50H47N5. The molecule has 5 heteroatoms. The summed E-state index contributed by atoms with van der Waals surface area (Å²) in [7, 11) is 0.